The summed E-state index contributed by atoms with van der Waals surface area (Å²) in [6.07, 6.45) is 3.02. The number of aryl methyl sites for hydroxylation is 2. The summed E-state index contributed by atoms with van der Waals surface area (Å²) in [5, 5.41) is 0. The highest BCUT2D eigenvalue weighted by molar-refractivity contribution is 5.98. The van der Waals surface area contributed by atoms with Gasteiger partial charge in [-0.25, -0.2) is 0 Å². The third kappa shape index (κ3) is 5.49. The highest BCUT2D eigenvalue weighted by atomic mass is 16.5. The van der Waals surface area contributed by atoms with Crippen molar-refractivity contribution in [1.29, 1.82) is 0 Å². The van der Waals surface area contributed by atoms with Gasteiger partial charge in [-0.1, -0.05) is 29.8 Å². The summed E-state index contributed by atoms with van der Waals surface area (Å²) in [4.78, 5) is 23.9. The Hall–Kier alpha value is -3.08. The average molecular weight is 338 g/mol. The Kier molecular flexibility index (Phi) is 6.34. The Labute approximate surface area is 147 Å². The number of nitrogens with one attached hydrogen (secondary N) is 2. The van der Waals surface area contributed by atoms with Gasteiger partial charge in [0, 0.05) is 11.6 Å². The molecule has 0 bridgehead atoms. The van der Waals surface area contributed by atoms with Crippen LogP contribution in [0.5, 0.6) is 5.75 Å². The zero-order valence-electron chi connectivity index (χ0n) is 14.6. The number of ether oxygens (including phenoxy) is 1. The summed E-state index contributed by atoms with van der Waals surface area (Å²) < 4.78 is 5.36. The lowest BCUT2D eigenvalue weighted by Crippen LogP contribution is -2.41. The quantitative estimate of drug-likeness (QED) is 0.650. The van der Waals surface area contributed by atoms with E-state index < -0.39 is 5.91 Å². The first-order valence-electron chi connectivity index (χ1n) is 8.08. The summed E-state index contributed by atoms with van der Waals surface area (Å²) in [5.74, 6) is 0.0251. The number of benzene rings is 2. The Morgan fingerprint density at radius 1 is 1.04 bits per heavy atom. The van der Waals surface area contributed by atoms with Crippen LogP contribution in [0.2, 0.25) is 0 Å². The molecule has 0 saturated heterocycles. The molecule has 0 aromatic heterocycles. The summed E-state index contributed by atoms with van der Waals surface area (Å²) >= 11 is 0. The van der Waals surface area contributed by atoms with E-state index >= 15 is 0 Å². The minimum Gasteiger partial charge on any atom is -0.494 e. The van der Waals surface area contributed by atoms with E-state index in [1.54, 1.807) is 12.1 Å². The lowest BCUT2D eigenvalue weighted by atomic mass is 10.1. The fourth-order valence-electron chi connectivity index (χ4n) is 2.31. The molecule has 0 aliphatic heterocycles. The third-order valence-electron chi connectivity index (χ3n) is 3.54. The Morgan fingerprint density at radius 3 is 2.40 bits per heavy atom. The Bertz CT molecular complexity index is 780. The molecule has 2 N–H and O–H groups in total. The van der Waals surface area contributed by atoms with E-state index in [1.807, 2.05) is 57.2 Å². The van der Waals surface area contributed by atoms with Crippen LogP contribution >= 0.6 is 0 Å². The molecule has 0 unspecified atom stereocenters. The van der Waals surface area contributed by atoms with E-state index in [4.69, 9.17) is 4.74 Å². The topological polar surface area (TPSA) is 67.4 Å². The van der Waals surface area contributed by atoms with Crippen molar-refractivity contribution in [3.05, 3.63) is 70.8 Å². The van der Waals surface area contributed by atoms with Crippen molar-refractivity contribution in [2.24, 2.45) is 0 Å². The fourth-order valence-corrected chi connectivity index (χ4v) is 2.31. The number of amides is 2. The molecule has 5 nitrogen and oxygen atoms in total. The van der Waals surface area contributed by atoms with Crippen molar-refractivity contribution >= 4 is 17.9 Å². The summed E-state index contributed by atoms with van der Waals surface area (Å²) in [6, 6.07) is 12.9. The van der Waals surface area contributed by atoms with Crippen LogP contribution in [-0.4, -0.2) is 18.4 Å². The zero-order chi connectivity index (χ0) is 18.2. The lowest BCUT2D eigenvalue weighted by Gasteiger charge is -2.08. The van der Waals surface area contributed by atoms with Gasteiger partial charge < -0.3 is 4.74 Å². The number of carbonyl (C=O) groups is 2. The van der Waals surface area contributed by atoms with Gasteiger partial charge in [-0.15, -0.1) is 0 Å². The second kappa shape index (κ2) is 8.68. The highest BCUT2D eigenvalue weighted by Crippen LogP contribution is 2.13. The van der Waals surface area contributed by atoms with Gasteiger partial charge in [0.05, 0.1) is 6.61 Å². The summed E-state index contributed by atoms with van der Waals surface area (Å²) in [7, 11) is 0. The SMILES string of the molecule is CCOc1ccc(/C=C/C(=O)NNC(=O)c2ccc(C)cc2C)cc1. The first kappa shape index (κ1) is 18.3. The molecule has 2 amide bonds. The van der Waals surface area contributed by atoms with Crippen molar-refractivity contribution in [2.75, 3.05) is 6.61 Å². The summed E-state index contributed by atoms with van der Waals surface area (Å²) in [6.45, 7) is 6.35. The van der Waals surface area contributed by atoms with Crippen LogP contribution in [0.4, 0.5) is 0 Å². The number of carbonyl (C=O) groups excluding carboxylic acids is 2. The largest absolute Gasteiger partial charge is 0.494 e. The smallest absolute Gasteiger partial charge is 0.269 e. The molecule has 5 heteroatoms. The second-order valence-corrected chi connectivity index (χ2v) is 5.60. The molecule has 0 aliphatic carbocycles. The standard InChI is InChI=1S/C20H22N2O3/c1-4-25-17-9-6-16(7-10-17)8-12-19(23)21-22-20(24)18-11-5-14(2)13-15(18)3/h5-13H,4H2,1-3H3,(H,21,23)(H,22,24)/b12-8+. The van der Waals surface area contributed by atoms with Gasteiger partial charge in [-0.3, -0.25) is 20.4 Å². The molecule has 0 heterocycles. The first-order valence-corrected chi connectivity index (χ1v) is 8.08. The maximum atomic E-state index is 12.1. The zero-order valence-corrected chi connectivity index (χ0v) is 14.6. The van der Waals surface area contributed by atoms with Crippen LogP contribution in [0.1, 0.15) is 34.0 Å². The molecule has 0 fully saturated rings. The van der Waals surface area contributed by atoms with Crippen LogP contribution in [-0.2, 0) is 4.79 Å². The number of hydrogen-bond donors (Lipinski definition) is 2. The van der Waals surface area contributed by atoms with E-state index in [0.717, 1.165) is 22.4 Å². The minimum absolute atomic E-state index is 0.347. The molecule has 2 aromatic carbocycles. The third-order valence-corrected chi connectivity index (χ3v) is 3.54. The van der Waals surface area contributed by atoms with Crippen molar-refractivity contribution in [3.8, 4) is 5.75 Å². The van der Waals surface area contributed by atoms with Gasteiger partial charge in [0.1, 0.15) is 5.75 Å². The van der Waals surface area contributed by atoms with Crippen molar-refractivity contribution in [2.45, 2.75) is 20.8 Å². The van der Waals surface area contributed by atoms with Crippen molar-refractivity contribution < 1.29 is 14.3 Å². The predicted octanol–water partition coefficient (Wildman–Crippen LogP) is 3.18. The number of hydrazine groups is 1. The van der Waals surface area contributed by atoms with E-state index in [9.17, 15) is 9.59 Å². The van der Waals surface area contributed by atoms with Gasteiger partial charge in [0.25, 0.3) is 11.8 Å². The molecular formula is C20H22N2O3. The normalized spacial score (nSPS) is 10.5. The number of rotatable bonds is 5. The van der Waals surface area contributed by atoms with E-state index in [1.165, 1.54) is 6.08 Å². The average Bonchev–Trinajstić information content (AvgIpc) is 2.59. The molecule has 0 atom stereocenters. The van der Waals surface area contributed by atoms with Gasteiger partial charge in [-0.05, 0) is 56.2 Å². The van der Waals surface area contributed by atoms with Gasteiger partial charge in [0.2, 0.25) is 0 Å². The molecule has 2 aromatic rings. The maximum absolute atomic E-state index is 12.1. The van der Waals surface area contributed by atoms with Crippen LogP contribution in [0.25, 0.3) is 6.08 Å². The van der Waals surface area contributed by atoms with E-state index in [0.29, 0.717) is 12.2 Å². The summed E-state index contributed by atoms with van der Waals surface area (Å²) in [5.41, 5.74) is 8.11. The molecule has 0 saturated carbocycles. The Balaban J connectivity index is 1.88. The van der Waals surface area contributed by atoms with Crippen LogP contribution in [0.15, 0.2) is 48.5 Å². The number of hydrogen-bond acceptors (Lipinski definition) is 3. The lowest BCUT2D eigenvalue weighted by molar-refractivity contribution is -0.117. The van der Waals surface area contributed by atoms with Crippen LogP contribution < -0.4 is 15.6 Å². The first-order chi connectivity index (χ1) is 12.0. The molecule has 0 spiro atoms. The van der Waals surface area contributed by atoms with Crippen LogP contribution in [0.3, 0.4) is 0 Å². The van der Waals surface area contributed by atoms with Crippen molar-refractivity contribution in [3.63, 3.8) is 0 Å². The predicted molar refractivity (Wildman–Crippen MR) is 98.2 cm³/mol. The monoisotopic (exact) mass is 338 g/mol. The molecule has 0 radical (unpaired) electrons. The molecule has 2 rings (SSSR count). The Morgan fingerprint density at radius 2 is 1.76 bits per heavy atom. The van der Waals surface area contributed by atoms with Crippen LogP contribution in [0, 0.1) is 13.8 Å². The van der Waals surface area contributed by atoms with Gasteiger partial charge in [0.15, 0.2) is 0 Å². The minimum atomic E-state index is -0.410. The van der Waals surface area contributed by atoms with Gasteiger partial charge in [-0.2, -0.15) is 0 Å². The van der Waals surface area contributed by atoms with E-state index in [-0.39, 0.29) is 5.91 Å². The molecule has 130 valence electrons. The van der Waals surface area contributed by atoms with E-state index in [2.05, 4.69) is 10.9 Å². The molecule has 0 aliphatic rings. The highest BCUT2D eigenvalue weighted by Gasteiger charge is 2.09. The molecular weight excluding hydrogens is 316 g/mol. The fraction of sp³-hybridized carbons (Fsp3) is 0.200. The maximum Gasteiger partial charge on any atom is 0.269 e. The van der Waals surface area contributed by atoms with Gasteiger partial charge >= 0.3 is 0 Å². The van der Waals surface area contributed by atoms with Crippen molar-refractivity contribution in [1.82, 2.24) is 10.9 Å². The second-order valence-electron chi connectivity index (χ2n) is 5.60. The molecule has 25 heavy (non-hydrogen) atoms.